The second kappa shape index (κ2) is 3.56. The van der Waals surface area contributed by atoms with Crippen LogP contribution >= 0.6 is 0 Å². The Morgan fingerprint density at radius 1 is 0.800 bits per heavy atom. The molecule has 4 fully saturated rings. The molecule has 4 aliphatic rings. The third-order valence-electron chi connectivity index (χ3n) is 4.80. The molecule has 0 aromatic rings. The van der Waals surface area contributed by atoms with Gasteiger partial charge in [-0.1, -0.05) is 0 Å². The quantitative estimate of drug-likeness (QED) is 0.675. The first kappa shape index (κ1) is 13.4. The Morgan fingerprint density at radius 3 is 2.05 bits per heavy atom. The van der Waals surface area contributed by atoms with Gasteiger partial charge in [0.05, 0.1) is 13.2 Å². The predicted octanol–water partition coefficient (Wildman–Crippen LogP) is 1.17. The molecule has 0 bridgehead atoms. The Morgan fingerprint density at radius 2 is 1.50 bits per heavy atom. The zero-order valence-electron chi connectivity index (χ0n) is 12.6. The normalized spacial score (nSPS) is 55.4. The van der Waals surface area contributed by atoms with Crippen molar-refractivity contribution in [2.75, 3.05) is 13.2 Å². The van der Waals surface area contributed by atoms with Gasteiger partial charge in [0.2, 0.25) is 0 Å². The maximum atomic E-state index is 6.19. The summed E-state index contributed by atoms with van der Waals surface area (Å²) in [6.45, 7) is 10.7. The van der Waals surface area contributed by atoms with E-state index in [0.717, 1.165) is 0 Å². The summed E-state index contributed by atoms with van der Waals surface area (Å²) in [5.74, 6) is -1.23. The maximum Gasteiger partial charge on any atom is 0.191 e. The molecule has 0 radical (unpaired) electrons. The fraction of sp³-hybridized carbons (Fsp3) is 1.00. The Labute approximate surface area is 118 Å². The fourth-order valence-corrected chi connectivity index (χ4v) is 3.59. The minimum Gasteiger partial charge on any atom is -0.363 e. The molecule has 4 rings (SSSR count). The summed E-state index contributed by atoms with van der Waals surface area (Å²) in [5.41, 5.74) is -1.10. The molecule has 4 aliphatic heterocycles. The highest BCUT2D eigenvalue weighted by Gasteiger charge is 2.79. The number of hydrogen-bond donors (Lipinski definition) is 0. The largest absolute Gasteiger partial charge is 0.363 e. The molecule has 20 heavy (non-hydrogen) atoms. The molecule has 0 aromatic heterocycles. The van der Waals surface area contributed by atoms with E-state index in [9.17, 15) is 0 Å². The van der Waals surface area contributed by atoms with Gasteiger partial charge in [-0.3, -0.25) is 0 Å². The van der Waals surface area contributed by atoms with Gasteiger partial charge in [0.25, 0.3) is 0 Å². The van der Waals surface area contributed by atoms with Crippen molar-refractivity contribution in [2.24, 2.45) is 0 Å². The molecule has 114 valence electrons. The van der Waals surface area contributed by atoms with Crippen molar-refractivity contribution in [1.82, 2.24) is 0 Å². The average molecular weight is 286 g/mol. The third kappa shape index (κ3) is 1.60. The van der Waals surface area contributed by atoms with E-state index in [-0.39, 0.29) is 12.2 Å². The second-order valence-electron chi connectivity index (χ2n) is 7.14. The van der Waals surface area contributed by atoms with Gasteiger partial charge in [0.15, 0.2) is 23.5 Å². The van der Waals surface area contributed by atoms with Gasteiger partial charge in [-0.25, -0.2) is 0 Å². The molecule has 4 saturated heterocycles. The lowest BCUT2D eigenvalue weighted by Crippen LogP contribution is -2.55. The Kier molecular flexibility index (Phi) is 2.39. The monoisotopic (exact) mass is 286 g/mol. The third-order valence-corrected chi connectivity index (χ3v) is 4.80. The first-order valence-electron chi connectivity index (χ1n) is 7.17. The number of fused-ring (bicyclic) bond motifs is 2. The number of rotatable bonds is 1. The van der Waals surface area contributed by atoms with Crippen molar-refractivity contribution < 1.29 is 28.4 Å². The molecule has 5 atom stereocenters. The maximum absolute atomic E-state index is 6.19. The topological polar surface area (TPSA) is 58.7 Å². The highest BCUT2D eigenvalue weighted by Crippen LogP contribution is 2.58. The van der Waals surface area contributed by atoms with Crippen molar-refractivity contribution in [1.29, 1.82) is 0 Å². The van der Waals surface area contributed by atoms with Gasteiger partial charge >= 0.3 is 0 Å². The average Bonchev–Trinajstić information content (AvgIpc) is 2.91. The van der Waals surface area contributed by atoms with E-state index in [1.165, 1.54) is 0 Å². The minimum atomic E-state index is -0.637. The predicted molar refractivity (Wildman–Crippen MR) is 66.9 cm³/mol. The summed E-state index contributed by atoms with van der Waals surface area (Å²) < 4.78 is 35.5. The van der Waals surface area contributed by atoms with E-state index in [1.807, 2.05) is 34.6 Å². The molecule has 0 aromatic carbocycles. The summed E-state index contributed by atoms with van der Waals surface area (Å²) in [5, 5.41) is 0. The van der Waals surface area contributed by atoms with E-state index in [1.54, 1.807) is 0 Å². The molecule has 0 saturated carbocycles. The van der Waals surface area contributed by atoms with Crippen LogP contribution in [0.4, 0.5) is 0 Å². The van der Waals surface area contributed by atoms with Crippen molar-refractivity contribution in [3.63, 3.8) is 0 Å². The summed E-state index contributed by atoms with van der Waals surface area (Å²) in [7, 11) is 0. The van der Waals surface area contributed by atoms with Crippen LogP contribution < -0.4 is 0 Å². The Bertz CT molecular complexity index is 443. The van der Waals surface area contributed by atoms with Gasteiger partial charge < -0.3 is 28.4 Å². The lowest BCUT2D eigenvalue weighted by atomic mass is 9.83. The molecule has 6 nitrogen and oxygen atoms in total. The highest BCUT2D eigenvalue weighted by molar-refractivity contribution is 5.22. The zero-order valence-corrected chi connectivity index (χ0v) is 12.6. The molecule has 6 heteroatoms. The summed E-state index contributed by atoms with van der Waals surface area (Å²) in [6.07, 6.45) is -0.819. The SMILES string of the molecule is CC1(C)OCC(C2(C)O[C@@H]3OC(C)(C)O[C@@H]3[C@]23CO3)O1. The smallest absolute Gasteiger partial charge is 0.191 e. The van der Waals surface area contributed by atoms with Crippen LogP contribution in [0.15, 0.2) is 0 Å². The molecular formula is C14H22O6. The fourth-order valence-electron chi connectivity index (χ4n) is 3.59. The van der Waals surface area contributed by atoms with E-state index in [2.05, 4.69) is 0 Å². The van der Waals surface area contributed by atoms with Crippen LogP contribution in [0, 0.1) is 0 Å². The molecular weight excluding hydrogens is 264 g/mol. The number of hydrogen-bond acceptors (Lipinski definition) is 6. The lowest BCUT2D eigenvalue weighted by Gasteiger charge is -2.36. The Balaban J connectivity index is 1.62. The minimum absolute atomic E-state index is 0.194. The first-order valence-corrected chi connectivity index (χ1v) is 7.17. The van der Waals surface area contributed by atoms with Crippen LogP contribution in [0.1, 0.15) is 34.6 Å². The van der Waals surface area contributed by atoms with Crippen molar-refractivity contribution in [3.05, 3.63) is 0 Å². The highest BCUT2D eigenvalue weighted by atomic mass is 16.9. The van der Waals surface area contributed by atoms with Crippen LogP contribution in [0.3, 0.4) is 0 Å². The van der Waals surface area contributed by atoms with E-state index in [0.29, 0.717) is 13.2 Å². The van der Waals surface area contributed by atoms with Crippen LogP contribution in [-0.4, -0.2) is 54.5 Å². The lowest BCUT2D eigenvalue weighted by molar-refractivity contribution is -0.255. The Hall–Kier alpha value is -0.240. The van der Waals surface area contributed by atoms with Crippen LogP contribution in [0.2, 0.25) is 0 Å². The van der Waals surface area contributed by atoms with Crippen molar-refractivity contribution in [3.8, 4) is 0 Å². The summed E-state index contributed by atoms with van der Waals surface area (Å²) in [6, 6.07) is 0. The summed E-state index contributed by atoms with van der Waals surface area (Å²) >= 11 is 0. The van der Waals surface area contributed by atoms with Crippen molar-refractivity contribution >= 4 is 0 Å². The standard InChI is InChI=1S/C14H22O6/c1-11(2)15-6-8(17-11)13(5)14(7-16-14)9-10(20-13)19-12(3,4)18-9/h8-10H,6-7H2,1-5H3/t8?,9-,10-,13?,14+/m0/s1. The number of ether oxygens (including phenoxy) is 6. The molecule has 2 unspecified atom stereocenters. The van der Waals surface area contributed by atoms with Crippen LogP contribution in [0.5, 0.6) is 0 Å². The van der Waals surface area contributed by atoms with Gasteiger partial charge in [-0.05, 0) is 34.6 Å². The van der Waals surface area contributed by atoms with Gasteiger partial charge in [0.1, 0.15) is 17.8 Å². The van der Waals surface area contributed by atoms with E-state index in [4.69, 9.17) is 28.4 Å². The van der Waals surface area contributed by atoms with Crippen LogP contribution in [0.25, 0.3) is 0 Å². The molecule has 4 heterocycles. The molecule has 0 aliphatic carbocycles. The molecule has 0 amide bonds. The van der Waals surface area contributed by atoms with Gasteiger partial charge in [-0.15, -0.1) is 0 Å². The zero-order chi connectivity index (χ0) is 14.4. The van der Waals surface area contributed by atoms with E-state index >= 15 is 0 Å². The first-order chi connectivity index (χ1) is 9.18. The van der Waals surface area contributed by atoms with E-state index < -0.39 is 29.1 Å². The van der Waals surface area contributed by atoms with Crippen LogP contribution in [-0.2, 0) is 28.4 Å². The second-order valence-corrected chi connectivity index (χ2v) is 7.14. The summed E-state index contributed by atoms with van der Waals surface area (Å²) in [4.78, 5) is 0. The van der Waals surface area contributed by atoms with Gasteiger partial charge in [0, 0.05) is 0 Å². The number of epoxide rings is 1. The van der Waals surface area contributed by atoms with Gasteiger partial charge in [-0.2, -0.15) is 0 Å². The molecule has 0 N–H and O–H groups in total. The van der Waals surface area contributed by atoms with Crippen molar-refractivity contribution in [2.45, 2.75) is 75.9 Å². The molecule has 1 spiro atoms.